The van der Waals surface area contributed by atoms with Crippen molar-refractivity contribution in [2.24, 2.45) is 0 Å². The molecule has 22 heavy (non-hydrogen) atoms. The van der Waals surface area contributed by atoms with E-state index in [1.165, 1.54) is 6.08 Å². The smallest absolute Gasteiger partial charge is 0.142 e. The maximum absolute atomic E-state index is 10.9. The average Bonchev–Trinajstić information content (AvgIpc) is 2.78. The van der Waals surface area contributed by atoms with Gasteiger partial charge in [0.2, 0.25) is 0 Å². The van der Waals surface area contributed by atoms with Crippen LogP contribution in [0.3, 0.4) is 0 Å². The quantitative estimate of drug-likeness (QED) is 0.636. The molecule has 5 heteroatoms. The monoisotopic (exact) mass is 295 g/mol. The first kappa shape index (κ1) is 15.4. The van der Waals surface area contributed by atoms with Crippen LogP contribution in [0.4, 0.5) is 0 Å². The number of nitriles is 1. The summed E-state index contributed by atoms with van der Waals surface area (Å²) < 4.78 is 7.32. The highest BCUT2D eigenvalue weighted by Crippen LogP contribution is 2.28. The Balaban J connectivity index is 2.63. The van der Waals surface area contributed by atoms with Gasteiger partial charge < -0.3 is 19.2 Å². The molecule has 112 valence electrons. The van der Waals surface area contributed by atoms with Gasteiger partial charge in [0.15, 0.2) is 0 Å². The number of aliphatic carboxylic acids is 1. The number of hydrogen-bond donors (Lipinski definition) is 0. The van der Waals surface area contributed by atoms with Gasteiger partial charge in [0.1, 0.15) is 11.8 Å². The third-order valence-electron chi connectivity index (χ3n) is 3.44. The van der Waals surface area contributed by atoms with E-state index in [0.717, 1.165) is 17.1 Å². The molecule has 0 bridgehead atoms. The van der Waals surface area contributed by atoms with Crippen molar-refractivity contribution in [2.75, 3.05) is 7.11 Å². The first-order valence-corrected chi connectivity index (χ1v) is 6.65. The molecule has 1 heterocycles. The van der Waals surface area contributed by atoms with Crippen molar-refractivity contribution in [2.45, 2.75) is 13.8 Å². The molecule has 0 amide bonds. The fourth-order valence-corrected chi connectivity index (χ4v) is 2.41. The number of para-hydroxylation sites is 2. The minimum absolute atomic E-state index is 0.403. The van der Waals surface area contributed by atoms with Gasteiger partial charge in [0.25, 0.3) is 0 Å². The largest absolute Gasteiger partial charge is 0.544 e. The van der Waals surface area contributed by atoms with Gasteiger partial charge in [-0.3, -0.25) is 0 Å². The van der Waals surface area contributed by atoms with Gasteiger partial charge in [-0.25, -0.2) is 0 Å². The number of methoxy groups -OCH3 is 1. The molecule has 0 fully saturated rings. The Morgan fingerprint density at radius 1 is 1.36 bits per heavy atom. The number of ether oxygens (including phenoxy) is 1. The van der Waals surface area contributed by atoms with Crippen LogP contribution in [0.15, 0.2) is 35.9 Å². The third kappa shape index (κ3) is 2.72. The Labute approximate surface area is 128 Å². The lowest BCUT2D eigenvalue weighted by molar-refractivity contribution is -0.298. The second-order valence-electron chi connectivity index (χ2n) is 4.79. The Bertz CT molecular complexity index is 795. The molecule has 0 saturated carbocycles. The SMILES string of the molecule is COc1ccccc1-n1c(C)cc(/C=C(\C#N)C(=O)[O-])c1C. The van der Waals surface area contributed by atoms with Gasteiger partial charge in [-0.15, -0.1) is 0 Å². The summed E-state index contributed by atoms with van der Waals surface area (Å²) in [6, 6.07) is 11.0. The normalized spacial score (nSPS) is 11.1. The van der Waals surface area contributed by atoms with Gasteiger partial charge in [0.05, 0.1) is 24.3 Å². The first-order chi connectivity index (χ1) is 10.5. The topological polar surface area (TPSA) is 78.1 Å². The lowest BCUT2D eigenvalue weighted by Gasteiger charge is -2.13. The average molecular weight is 295 g/mol. The van der Waals surface area contributed by atoms with Crippen LogP contribution >= 0.6 is 0 Å². The van der Waals surface area contributed by atoms with E-state index in [4.69, 9.17) is 10.00 Å². The predicted molar refractivity (Wildman–Crippen MR) is 80.4 cm³/mol. The summed E-state index contributed by atoms with van der Waals surface area (Å²) in [5.41, 5.74) is 2.83. The van der Waals surface area contributed by atoms with Crippen molar-refractivity contribution in [3.63, 3.8) is 0 Å². The minimum Gasteiger partial charge on any atom is -0.544 e. The van der Waals surface area contributed by atoms with Gasteiger partial charge in [-0.2, -0.15) is 5.26 Å². The number of carbonyl (C=O) groups is 1. The molecular weight excluding hydrogens is 280 g/mol. The Morgan fingerprint density at radius 3 is 2.64 bits per heavy atom. The van der Waals surface area contributed by atoms with Gasteiger partial charge in [-0.05, 0) is 43.7 Å². The van der Waals surface area contributed by atoms with Crippen molar-refractivity contribution >= 4 is 12.0 Å². The number of carboxylic acids is 1. The standard InChI is InChI=1S/C17H16N2O3/c1-11-8-13(9-14(10-18)17(20)21)12(2)19(11)15-6-4-5-7-16(15)22-3/h4-9H,1-3H3,(H,20,21)/p-1/b14-9+. The fraction of sp³-hybridized carbons (Fsp3) is 0.176. The van der Waals surface area contributed by atoms with Crippen LogP contribution < -0.4 is 9.84 Å². The molecule has 0 aliphatic heterocycles. The number of hydrogen-bond acceptors (Lipinski definition) is 4. The molecular formula is C17H15N2O3-. The van der Waals surface area contributed by atoms with Gasteiger partial charge in [0, 0.05) is 11.4 Å². The predicted octanol–water partition coefficient (Wildman–Crippen LogP) is 1.76. The lowest BCUT2D eigenvalue weighted by Crippen LogP contribution is -2.23. The molecule has 2 aromatic rings. The number of carboxylic acid groups (broad SMARTS) is 1. The van der Waals surface area contributed by atoms with Crippen LogP contribution in [0.2, 0.25) is 0 Å². The highest BCUT2D eigenvalue weighted by molar-refractivity contribution is 5.95. The molecule has 2 rings (SSSR count). The summed E-state index contributed by atoms with van der Waals surface area (Å²) in [5, 5.41) is 19.7. The number of nitrogens with zero attached hydrogens (tertiary/aromatic N) is 2. The summed E-state index contributed by atoms with van der Waals surface area (Å²) in [4.78, 5) is 10.9. The Kier molecular flexibility index (Phi) is 4.33. The molecule has 0 spiro atoms. The fourth-order valence-electron chi connectivity index (χ4n) is 2.41. The lowest BCUT2D eigenvalue weighted by atomic mass is 10.1. The highest BCUT2D eigenvalue weighted by Gasteiger charge is 2.13. The van der Waals surface area contributed by atoms with E-state index in [-0.39, 0.29) is 0 Å². The number of aryl methyl sites for hydroxylation is 1. The summed E-state index contributed by atoms with van der Waals surface area (Å²) in [6.45, 7) is 3.76. The number of benzene rings is 1. The van der Waals surface area contributed by atoms with Crippen molar-refractivity contribution in [3.05, 3.63) is 52.9 Å². The van der Waals surface area contributed by atoms with E-state index in [9.17, 15) is 9.90 Å². The van der Waals surface area contributed by atoms with Gasteiger partial charge >= 0.3 is 0 Å². The van der Waals surface area contributed by atoms with Crippen molar-refractivity contribution in [1.82, 2.24) is 4.57 Å². The van der Waals surface area contributed by atoms with E-state index < -0.39 is 11.5 Å². The van der Waals surface area contributed by atoms with E-state index in [2.05, 4.69) is 0 Å². The maximum Gasteiger partial charge on any atom is 0.142 e. The Morgan fingerprint density at radius 2 is 2.05 bits per heavy atom. The van der Waals surface area contributed by atoms with E-state index in [1.54, 1.807) is 13.2 Å². The second kappa shape index (κ2) is 6.19. The molecule has 0 aliphatic carbocycles. The number of carbonyl (C=O) groups excluding carboxylic acids is 1. The van der Waals surface area contributed by atoms with Crippen molar-refractivity contribution < 1.29 is 14.6 Å². The molecule has 5 nitrogen and oxygen atoms in total. The summed E-state index contributed by atoms with van der Waals surface area (Å²) in [7, 11) is 1.59. The molecule has 0 aliphatic rings. The molecule has 0 radical (unpaired) electrons. The van der Waals surface area contributed by atoms with E-state index in [0.29, 0.717) is 11.3 Å². The third-order valence-corrected chi connectivity index (χ3v) is 3.44. The molecule has 0 atom stereocenters. The van der Waals surface area contributed by atoms with Crippen molar-refractivity contribution in [3.8, 4) is 17.5 Å². The van der Waals surface area contributed by atoms with Crippen LogP contribution in [-0.4, -0.2) is 17.6 Å². The number of aromatic nitrogens is 1. The van der Waals surface area contributed by atoms with Crippen LogP contribution in [-0.2, 0) is 4.79 Å². The van der Waals surface area contributed by atoms with Crippen LogP contribution in [0.5, 0.6) is 5.75 Å². The number of rotatable bonds is 4. The first-order valence-electron chi connectivity index (χ1n) is 6.65. The zero-order valence-electron chi connectivity index (χ0n) is 12.6. The van der Waals surface area contributed by atoms with Crippen LogP contribution in [0.1, 0.15) is 17.0 Å². The molecule has 0 saturated heterocycles. The summed E-state index contributed by atoms with van der Waals surface area (Å²) in [5.74, 6) is -0.773. The zero-order valence-corrected chi connectivity index (χ0v) is 12.6. The molecule has 1 aromatic heterocycles. The second-order valence-corrected chi connectivity index (χ2v) is 4.79. The molecule has 0 unspecified atom stereocenters. The van der Waals surface area contributed by atoms with Crippen LogP contribution in [0, 0.1) is 25.2 Å². The van der Waals surface area contributed by atoms with E-state index >= 15 is 0 Å². The maximum atomic E-state index is 10.9. The van der Waals surface area contributed by atoms with Crippen molar-refractivity contribution in [1.29, 1.82) is 5.26 Å². The van der Waals surface area contributed by atoms with E-state index in [1.807, 2.05) is 48.7 Å². The van der Waals surface area contributed by atoms with Gasteiger partial charge in [-0.1, -0.05) is 12.1 Å². The summed E-state index contributed by atoms with van der Waals surface area (Å²) >= 11 is 0. The molecule has 1 aromatic carbocycles. The zero-order chi connectivity index (χ0) is 16.3. The Hall–Kier alpha value is -3.00. The molecule has 0 N–H and O–H groups in total. The van der Waals surface area contributed by atoms with Crippen LogP contribution in [0.25, 0.3) is 11.8 Å². The minimum atomic E-state index is -1.48. The highest BCUT2D eigenvalue weighted by atomic mass is 16.5. The summed E-state index contributed by atoms with van der Waals surface area (Å²) in [6.07, 6.45) is 1.32.